The largest absolute Gasteiger partial charge is 0.401 e. The van der Waals surface area contributed by atoms with E-state index in [4.69, 9.17) is 0 Å². The van der Waals surface area contributed by atoms with E-state index in [0.29, 0.717) is 6.54 Å². The van der Waals surface area contributed by atoms with E-state index < -0.39 is 30.9 Å². The Morgan fingerprint density at radius 1 is 1.00 bits per heavy atom. The van der Waals surface area contributed by atoms with Gasteiger partial charge in [0.05, 0.1) is 0 Å². The SMILES string of the molecule is CC(CN1CCCC1)NCC(C(F)(F)F)C(F)(F)F. The van der Waals surface area contributed by atoms with Crippen molar-refractivity contribution in [2.75, 3.05) is 26.2 Å². The quantitative estimate of drug-likeness (QED) is 0.784. The summed E-state index contributed by atoms with van der Waals surface area (Å²) in [7, 11) is 0. The van der Waals surface area contributed by atoms with E-state index in [1.54, 1.807) is 6.92 Å². The second-order valence-corrected chi connectivity index (χ2v) is 4.95. The Kier molecular flexibility index (Phi) is 5.49. The number of rotatable bonds is 5. The molecule has 1 atom stereocenters. The molecule has 0 aromatic heterocycles. The molecule has 1 saturated heterocycles. The molecule has 1 aliphatic rings. The maximum atomic E-state index is 12.3. The molecular weight excluding hydrogens is 274 g/mol. The normalized spacial score (nSPS) is 20.2. The lowest BCUT2D eigenvalue weighted by Crippen LogP contribution is -2.47. The minimum atomic E-state index is -5.27. The fourth-order valence-corrected chi connectivity index (χ4v) is 2.15. The Labute approximate surface area is 108 Å². The van der Waals surface area contributed by atoms with Crippen LogP contribution in [0.5, 0.6) is 0 Å². The summed E-state index contributed by atoms with van der Waals surface area (Å²) in [4.78, 5) is 2.04. The van der Waals surface area contributed by atoms with Crippen molar-refractivity contribution in [2.45, 2.75) is 38.2 Å². The average molecular weight is 292 g/mol. The third kappa shape index (κ3) is 5.56. The molecule has 0 bridgehead atoms. The van der Waals surface area contributed by atoms with Crippen LogP contribution in [0.25, 0.3) is 0 Å². The summed E-state index contributed by atoms with van der Waals surface area (Å²) in [5.74, 6) is -3.30. The predicted molar refractivity (Wildman–Crippen MR) is 58.7 cm³/mol. The number of alkyl halides is 6. The van der Waals surface area contributed by atoms with Gasteiger partial charge in [-0.3, -0.25) is 0 Å². The summed E-state index contributed by atoms with van der Waals surface area (Å²) in [6.07, 6.45) is -8.47. The van der Waals surface area contributed by atoms with Gasteiger partial charge in [-0.2, -0.15) is 26.3 Å². The van der Waals surface area contributed by atoms with E-state index in [-0.39, 0.29) is 0 Å². The van der Waals surface area contributed by atoms with Crippen LogP contribution >= 0.6 is 0 Å². The van der Waals surface area contributed by atoms with Crippen molar-refractivity contribution in [1.29, 1.82) is 0 Å². The van der Waals surface area contributed by atoms with E-state index >= 15 is 0 Å². The summed E-state index contributed by atoms with van der Waals surface area (Å²) in [5.41, 5.74) is 0. The summed E-state index contributed by atoms with van der Waals surface area (Å²) in [5, 5.41) is 2.34. The number of halogens is 6. The molecule has 0 saturated carbocycles. The van der Waals surface area contributed by atoms with Crippen LogP contribution in [0.2, 0.25) is 0 Å². The van der Waals surface area contributed by atoms with E-state index in [0.717, 1.165) is 25.9 Å². The Balaban J connectivity index is 2.42. The summed E-state index contributed by atoms with van der Waals surface area (Å²) in [6.45, 7) is 2.66. The molecule has 0 aliphatic carbocycles. The van der Waals surface area contributed by atoms with Crippen molar-refractivity contribution in [3.05, 3.63) is 0 Å². The van der Waals surface area contributed by atoms with Crippen LogP contribution in [0.1, 0.15) is 19.8 Å². The predicted octanol–water partition coefficient (Wildman–Crippen LogP) is 2.80. The van der Waals surface area contributed by atoms with Gasteiger partial charge in [0.25, 0.3) is 0 Å². The van der Waals surface area contributed by atoms with Gasteiger partial charge in [-0.25, -0.2) is 0 Å². The van der Waals surface area contributed by atoms with Crippen molar-refractivity contribution < 1.29 is 26.3 Å². The van der Waals surface area contributed by atoms with Crippen molar-refractivity contribution in [3.8, 4) is 0 Å². The zero-order valence-corrected chi connectivity index (χ0v) is 10.6. The summed E-state index contributed by atoms with van der Waals surface area (Å²) < 4.78 is 73.8. The molecule has 1 unspecified atom stereocenters. The average Bonchev–Trinajstić information content (AvgIpc) is 2.65. The molecule has 0 amide bonds. The van der Waals surface area contributed by atoms with Crippen LogP contribution in [0.3, 0.4) is 0 Å². The molecule has 8 heteroatoms. The fraction of sp³-hybridized carbons (Fsp3) is 1.00. The van der Waals surface area contributed by atoms with Gasteiger partial charge in [-0.15, -0.1) is 0 Å². The van der Waals surface area contributed by atoms with Gasteiger partial charge < -0.3 is 10.2 Å². The monoisotopic (exact) mass is 292 g/mol. The van der Waals surface area contributed by atoms with Crippen LogP contribution in [-0.2, 0) is 0 Å². The van der Waals surface area contributed by atoms with E-state index in [9.17, 15) is 26.3 Å². The lowest BCUT2D eigenvalue weighted by Gasteiger charge is -2.26. The van der Waals surface area contributed by atoms with Gasteiger partial charge in [0, 0.05) is 19.1 Å². The highest BCUT2D eigenvalue weighted by molar-refractivity contribution is 4.80. The highest BCUT2D eigenvalue weighted by Gasteiger charge is 2.56. The molecule has 0 aromatic carbocycles. The second kappa shape index (κ2) is 6.30. The minimum Gasteiger partial charge on any atom is -0.312 e. The third-order valence-electron chi connectivity index (χ3n) is 3.19. The first kappa shape index (κ1) is 16.6. The van der Waals surface area contributed by atoms with E-state index in [2.05, 4.69) is 5.32 Å². The van der Waals surface area contributed by atoms with Crippen LogP contribution in [-0.4, -0.2) is 49.5 Å². The zero-order valence-electron chi connectivity index (χ0n) is 10.6. The van der Waals surface area contributed by atoms with Crippen LogP contribution in [0, 0.1) is 5.92 Å². The van der Waals surface area contributed by atoms with Crippen LogP contribution < -0.4 is 5.32 Å². The first-order chi connectivity index (χ1) is 8.60. The van der Waals surface area contributed by atoms with E-state index in [1.165, 1.54) is 0 Å². The smallest absolute Gasteiger partial charge is 0.312 e. The highest BCUT2D eigenvalue weighted by Crippen LogP contribution is 2.38. The van der Waals surface area contributed by atoms with Crippen molar-refractivity contribution in [1.82, 2.24) is 10.2 Å². The molecule has 0 spiro atoms. The van der Waals surface area contributed by atoms with E-state index in [1.807, 2.05) is 4.90 Å². The van der Waals surface area contributed by atoms with Gasteiger partial charge in [0.2, 0.25) is 0 Å². The molecule has 1 rings (SSSR count). The van der Waals surface area contributed by atoms with Crippen molar-refractivity contribution >= 4 is 0 Å². The highest BCUT2D eigenvalue weighted by atomic mass is 19.4. The third-order valence-corrected chi connectivity index (χ3v) is 3.19. The first-order valence-electron chi connectivity index (χ1n) is 6.20. The topological polar surface area (TPSA) is 15.3 Å². The number of hydrogen-bond acceptors (Lipinski definition) is 2. The molecular formula is C11H18F6N2. The van der Waals surface area contributed by atoms with Crippen LogP contribution in [0.4, 0.5) is 26.3 Å². The number of nitrogens with one attached hydrogen (secondary N) is 1. The Bertz CT molecular complexity index is 255. The van der Waals surface area contributed by atoms with Crippen molar-refractivity contribution in [3.63, 3.8) is 0 Å². The maximum Gasteiger partial charge on any atom is 0.401 e. The second-order valence-electron chi connectivity index (χ2n) is 4.95. The van der Waals surface area contributed by atoms with Gasteiger partial charge in [-0.1, -0.05) is 0 Å². The van der Waals surface area contributed by atoms with Gasteiger partial charge >= 0.3 is 12.4 Å². The summed E-state index contributed by atoms with van der Waals surface area (Å²) in [6, 6.07) is -0.398. The van der Waals surface area contributed by atoms with Crippen LogP contribution in [0.15, 0.2) is 0 Å². The van der Waals surface area contributed by atoms with Gasteiger partial charge in [0.15, 0.2) is 5.92 Å². The number of nitrogens with zero attached hydrogens (tertiary/aromatic N) is 1. The standard InChI is InChI=1S/C11H18F6N2/c1-8(7-19-4-2-3-5-19)18-6-9(10(12,13)14)11(15,16)17/h8-9,18H,2-7H2,1H3. The lowest BCUT2D eigenvalue weighted by molar-refractivity contribution is -0.282. The van der Waals surface area contributed by atoms with Gasteiger partial charge in [-0.05, 0) is 32.9 Å². The molecule has 1 fully saturated rings. The van der Waals surface area contributed by atoms with Crippen molar-refractivity contribution in [2.24, 2.45) is 5.92 Å². The Hall–Kier alpha value is -0.500. The zero-order chi connectivity index (χ0) is 14.7. The lowest BCUT2D eigenvalue weighted by atomic mass is 10.1. The van der Waals surface area contributed by atoms with Gasteiger partial charge in [0.1, 0.15) is 0 Å². The maximum absolute atomic E-state index is 12.3. The molecule has 1 heterocycles. The Morgan fingerprint density at radius 2 is 1.47 bits per heavy atom. The molecule has 114 valence electrons. The molecule has 1 aliphatic heterocycles. The molecule has 19 heavy (non-hydrogen) atoms. The molecule has 0 radical (unpaired) electrons. The molecule has 2 nitrogen and oxygen atoms in total. The minimum absolute atomic E-state index is 0.398. The first-order valence-corrected chi connectivity index (χ1v) is 6.20. The number of hydrogen-bond donors (Lipinski definition) is 1. The molecule has 0 aromatic rings. The molecule has 1 N–H and O–H groups in total. The fourth-order valence-electron chi connectivity index (χ4n) is 2.15. The number of likely N-dealkylation sites (tertiary alicyclic amines) is 1. The Morgan fingerprint density at radius 3 is 1.89 bits per heavy atom. The summed E-state index contributed by atoms with van der Waals surface area (Å²) >= 11 is 0.